The third kappa shape index (κ3) is 9.85. The normalized spacial score (nSPS) is 21.0. The van der Waals surface area contributed by atoms with Crippen molar-refractivity contribution in [3.05, 3.63) is 51.9 Å². The van der Waals surface area contributed by atoms with E-state index in [-0.39, 0.29) is 42.7 Å². The monoisotopic (exact) mass is 549 g/mol. The van der Waals surface area contributed by atoms with Crippen LogP contribution in [-0.2, 0) is 14.2 Å². The van der Waals surface area contributed by atoms with Gasteiger partial charge in [0.2, 0.25) is 0 Å². The molecule has 1 unspecified atom stereocenters. The highest BCUT2D eigenvalue weighted by atomic mass is 16.8. The standard InChI is InChI=1S/C27H39N3O9/c1-17(18(2)31)10-11-20(32)25-23(38-27(3,4)39-25)9-6-8-19-21(36-15-7-14-29-30-28)12-13-22(37-16-35-5)24(19)26(33)34/h6,8,10-13,17-18,20,23,25,31-32H,7,9,14-16H2,1-5H3,(H,33,34)/b8-6+,11-10-/t17-,18-,20?,23+,25+/m0/s1. The Morgan fingerprint density at radius 3 is 2.56 bits per heavy atom. The lowest BCUT2D eigenvalue weighted by atomic mass is 10.00. The molecule has 216 valence electrons. The molecule has 12 heteroatoms. The van der Waals surface area contributed by atoms with Gasteiger partial charge >= 0.3 is 5.97 Å². The predicted octanol–water partition coefficient (Wildman–Crippen LogP) is 4.30. The first kappa shape index (κ1) is 32.1. The van der Waals surface area contributed by atoms with Crippen molar-refractivity contribution in [1.29, 1.82) is 0 Å². The fraction of sp³-hybridized carbons (Fsp3) is 0.593. The van der Waals surface area contributed by atoms with Gasteiger partial charge in [-0.1, -0.05) is 36.3 Å². The second-order valence-electron chi connectivity index (χ2n) is 9.61. The van der Waals surface area contributed by atoms with Crippen LogP contribution in [0.2, 0.25) is 0 Å². The maximum Gasteiger partial charge on any atom is 0.340 e. The van der Waals surface area contributed by atoms with Crippen LogP contribution < -0.4 is 9.47 Å². The van der Waals surface area contributed by atoms with Crippen LogP contribution in [0, 0.1) is 5.92 Å². The number of aromatic carboxylic acids is 1. The molecular weight excluding hydrogens is 510 g/mol. The number of carboxylic acid groups (broad SMARTS) is 1. The summed E-state index contributed by atoms with van der Waals surface area (Å²) in [5, 5.41) is 34.0. The van der Waals surface area contributed by atoms with Gasteiger partial charge in [0, 0.05) is 24.1 Å². The summed E-state index contributed by atoms with van der Waals surface area (Å²) < 4.78 is 28.2. The van der Waals surface area contributed by atoms with E-state index in [1.807, 2.05) is 6.92 Å². The lowest BCUT2D eigenvalue weighted by Crippen LogP contribution is -2.34. The summed E-state index contributed by atoms with van der Waals surface area (Å²) >= 11 is 0. The quantitative estimate of drug-likeness (QED) is 0.0678. The minimum atomic E-state index is -1.22. The number of ether oxygens (including phenoxy) is 5. The number of hydrogen-bond acceptors (Lipinski definition) is 9. The van der Waals surface area contributed by atoms with Gasteiger partial charge in [-0.25, -0.2) is 4.79 Å². The summed E-state index contributed by atoms with van der Waals surface area (Å²) in [6, 6.07) is 3.09. The smallest absolute Gasteiger partial charge is 0.340 e. The van der Waals surface area contributed by atoms with Crippen molar-refractivity contribution < 1.29 is 43.8 Å². The van der Waals surface area contributed by atoms with Gasteiger partial charge in [-0.2, -0.15) is 0 Å². The number of aliphatic hydroxyl groups is 2. The van der Waals surface area contributed by atoms with Gasteiger partial charge in [-0.05, 0) is 57.2 Å². The van der Waals surface area contributed by atoms with E-state index in [0.717, 1.165) is 0 Å². The number of methoxy groups -OCH3 is 1. The van der Waals surface area contributed by atoms with Crippen molar-refractivity contribution in [2.45, 2.75) is 70.7 Å². The highest BCUT2D eigenvalue weighted by Crippen LogP contribution is 2.35. The first-order valence-corrected chi connectivity index (χ1v) is 12.7. The highest BCUT2D eigenvalue weighted by molar-refractivity contribution is 5.96. The van der Waals surface area contributed by atoms with Gasteiger partial charge in [-0.3, -0.25) is 0 Å². The molecule has 1 aliphatic rings. The lowest BCUT2D eigenvalue weighted by molar-refractivity contribution is -0.152. The van der Waals surface area contributed by atoms with E-state index in [1.165, 1.54) is 13.2 Å². The second kappa shape index (κ2) is 15.5. The average Bonchev–Trinajstić information content (AvgIpc) is 3.20. The average molecular weight is 550 g/mol. The van der Waals surface area contributed by atoms with E-state index in [2.05, 4.69) is 10.0 Å². The van der Waals surface area contributed by atoms with Crippen LogP contribution in [0.4, 0.5) is 0 Å². The van der Waals surface area contributed by atoms with Gasteiger partial charge in [0.25, 0.3) is 0 Å². The Morgan fingerprint density at radius 1 is 1.21 bits per heavy atom. The molecule has 1 saturated heterocycles. The van der Waals surface area contributed by atoms with Gasteiger partial charge in [0.05, 0.1) is 18.8 Å². The Bertz CT molecular complexity index is 1050. The summed E-state index contributed by atoms with van der Waals surface area (Å²) in [6.07, 6.45) is 4.62. The first-order valence-electron chi connectivity index (χ1n) is 12.7. The van der Waals surface area contributed by atoms with E-state index < -0.39 is 36.2 Å². The molecule has 3 N–H and O–H groups in total. The predicted molar refractivity (Wildman–Crippen MR) is 143 cm³/mol. The zero-order valence-corrected chi connectivity index (χ0v) is 23.0. The molecule has 1 aliphatic heterocycles. The first-order chi connectivity index (χ1) is 18.5. The van der Waals surface area contributed by atoms with E-state index in [4.69, 9.17) is 29.2 Å². The molecule has 1 heterocycles. The van der Waals surface area contributed by atoms with Crippen LogP contribution in [-0.4, -0.2) is 78.5 Å². The van der Waals surface area contributed by atoms with Crippen molar-refractivity contribution in [3.63, 3.8) is 0 Å². The fourth-order valence-electron chi connectivity index (χ4n) is 3.91. The topological polar surface area (TPSA) is 173 Å². The van der Waals surface area contributed by atoms with Crippen LogP contribution >= 0.6 is 0 Å². The number of benzene rings is 1. The second-order valence-corrected chi connectivity index (χ2v) is 9.61. The Balaban J connectivity index is 2.31. The molecule has 0 spiro atoms. The van der Waals surface area contributed by atoms with Crippen molar-refractivity contribution in [3.8, 4) is 11.5 Å². The van der Waals surface area contributed by atoms with Crippen LogP contribution in [0.5, 0.6) is 11.5 Å². The molecule has 39 heavy (non-hydrogen) atoms. The number of hydrogen-bond donors (Lipinski definition) is 3. The molecule has 12 nitrogen and oxygen atoms in total. The molecule has 0 bridgehead atoms. The van der Waals surface area contributed by atoms with Gasteiger partial charge in [0.1, 0.15) is 29.3 Å². The molecule has 0 saturated carbocycles. The Morgan fingerprint density at radius 2 is 1.92 bits per heavy atom. The SMILES string of the molecule is COCOc1ccc(OCCCN=[N+]=[N-])c(/C=C/C[C@H]2OC(C)(C)O[C@@H]2C(O)/C=C\[C@H](C)[C@H](C)O)c1C(=O)O. The lowest BCUT2D eigenvalue weighted by Gasteiger charge is -2.20. The number of azide groups is 1. The third-order valence-corrected chi connectivity index (χ3v) is 6.02. The molecule has 0 radical (unpaired) electrons. The number of carboxylic acids is 1. The summed E-state index contributed by atoms with van der Waals surface area (Å²) in [4.78, 5) is 14.9. The van der Waals surface area contributed by atoms with Crippen LogP contribution in [0.25, 0.3) is 16.5 Å². The van der Waals surface area contributed by atoms with Crippen LogP contribution in [0.15, 0.2) is 35.5 Å². The zero-order chi connectivity index (χ0) is 29.0. The molecule has 1 aromatic carbocycles. The van der Waals surface area contributed by atoms with Gasteiger partial charge in [-0.15, -0.1) is 0 Å². The largest absolute Gasteiger partial charge is 0.493 e. The molecular formula is C27H39N3O9. The third-order valence-electron chi connectivity index (χ3n) is 6.02. The molecule has 0 amide bonds. The Kier molecular flexibility index (Phi) is 12.7. The minimum Gasteiger partial charge on any atom is -0.493 e. The van der Waals surface area contributed by atoms with Crippen LogP contribution in [0.1, 0.15) is 56.5 Å². The number of nitrogens with zero attached hydrogens (tertiary/aromatic N) is 3. The van der Waals surface area contributed by atoms with Crippen molar-refractivity contribution >= 4 is 12.0 Å². The molecule has 0 aliphatic carbocycles. The van der Waals surface area contributed by atoms with Crippen LogP contribution in [0.3, 0.4) is 0 Å². The molecule has 0 aromatic heterocycles. The van der Waals surface area contributed by atoms with Crippen molar-refractivity contribution in [1.82, 2.24) is 0 Å². The fourth-order valence-corrected chi connectivity index (χ4v) is 3.91. The highest BCUT2D eigenvalue weighted by Gasteiger charge is 2.43. The van der Waals surface area contributed by atoms with E-state index in [0.29, 0.717) is 18.6 Å². The molecule has 5 atom stereocenters. The van der Waals surface area contributed by atoms with Crippen molar-refractivity contribution in [2.75, 3.05) is 27.1 Å². The molecule has 1 aromatic rings. The van der Waals surface area contributed by atoms with Crippen molar-refractivity contribution in [2.24, 2.45) is 11.0 Å². The Hall–Kier alpha value is -3.12. The van der Waals surface area contributed by atoms with Gasteiger partial charge in [0.15, 0.2) is 12.6 Å². The number of aliphatic hydroxyl groups excluding tert-OH is 2. The van der Waals surface area contributed by atoms with Gasteiger partial charge < -0.3 is 39.0 Å². The minimum absolute atomic E-state index is 0.105. The summed E-state index contributed by atoms with van der Waals surface area (Å²) in [5.41, 5.74) is 8.62. The number of rotatable bonds is 16. The molecule has 1 fully saturated rings. The summed E-state index contributed by atoms with van der Waals surface area (Å²) in [6.45, 7) is 7.32. The maximum atomic E-state index is 12.2. The molecule has 2 rings (SSSR count). The maximum absolute atomic E-state index is 12.2. The van der Waals surface area contributed by atoms with E-state index in [9.17, 15) is 20.1 Å². The summed E-state index contributed by atoms with van der Waals surface area (Å²) in [5.74, 6) is -1.88. The van der Waals surface area contributed by atoms with E-state index in [1.54, 1.807) is 51.1 Å². The summed E-state index contributed by atoms with van der Waals surface area (Å²) in [7, 11) is 1.43. The van der Waals surface area contributed by atoms with E-state index >= 15 is 0 Å². The zero-order valence-electron chi connectivity index (χ0n) is 23.0. The Labute approximate surface area is 228 Å². The number of carbonyl (C=O) groups is 1.